The van der Waals surface area contributed by atoms with E-state index in [4.69, 9.17) is 16.3 Å². The normalized spacial score (nSPS) is 15.2. The molecule has 0 aromatic heterocycles. The van der Waals surface area contributed by atoms with E-state index in [1.54, 1.807) is 37.4 Å². The minimum Gasteiger partial charge on any atom is -0.495 e. The van der Waals surface area contributed by atoms with E-state index in [9.17, 15) is 14.0 Å². The highest BCUT2D eigenvalue weighted by atomic mass is 35.5. The number of methoxy groups -OCH3 is 1. The first kappa shape index (κ1) is 23.6. The first-order valence-electron chi connectivity index (χ1n) is 10.9. The predicted octanol–water partition coefficient (Wildman–Crippen LogP) is 5.06. The summed E-state index contributed by atoms with van der Waals surface area (Å²) < 4.78 is 19.4. The van der Waals surface area contributed by atoms with Crippen LogP contribution in [0, 0.1) is 12.7 Å². The molecule has 0 spiro atoms. The van der Waals surface area contributed by atoms with E-state index in [-0.39, 0.29) is 17.5 Å². The van der Waals surface area contributed by atoms with Gasteiger partial charge in [0.2, 0.25) is 0 Å². The van der Waals surface area contributed by atoms with E-state index in [1.165, 1.54) is 18.2 Å². The summed E-state index contributed by atoms with van der Waals surface area (Å²) in [6.07, 6.45) is 0.768. The molecule has 3 aromatic carbocycles. The van der Waals surface area contributed by atoms with Crippen molar-refractivity contribution in [1.82, 2.24) is 5.32 Å². The molecule has 1 heterocycles. The largest absolute Gasteiger partial charge is 0.495 e. The van der Waals surface area contributed by atoms with Crippen LogP contribution in [0.1, 0.15) is 32.7 Å². The van der Waals surface area contributed by atoms with Crippen molar-refractivity contribution in [2.24, 2.45) is 0 Å². The highest BCUT2D eigenvalue weighted by Gasteiger charge is 2.26. The lowest BCUT2D eigenvalue weighted by Crippen LogP contribution is -2.37. The molecule has 0 radical (unpaired) electrons. The van der Waals surface area contributed by atoms with E-state index >= 15 is 0 Å². The van der Waals surface area contributed by atoms with Gasteiger partial charge in [-0.05, 0) is 61.4 Å². The smallest absolute Gasteiger partial charge is 0.258 e. The van der Waals surface area contributed by atoms with Gasteiger partial charge in [-0.15, -0.1) is 0 Å². The summed E-state index contributed by atoms with van der Waals surface area (Å²) in [5, 5.41) is 6.39. The Morgan fingerprint density at radius 1 is 1.09 bits per heavy atom. The lowest BCUT2D eigenvalue weighted by atomic mass is 10.1. The molecule has 3 aromatic rings. The minimum atomic E-state index is -0.603. The number of aryl methyl sites for hydroxylation is 1. The topological polar surface area (TPSA) is 70.7 Å². The van der Waals surface area contributed by atoms with Crippen molar-refractivity contribution in [3.63, 3.8) is 0 Å². The van der Waals surface area contributed by atoms with Crippen molar-refractivity contribution >= 4 is 34.8 Å². The molecule has 6 nitrogen and oxygen atoms in total. The number of carbonyl (C=O) groups is 2. The highest BCUT2D eigenvalue weighted by molar-refractivity contribution is 6.31. The second kappa shape index (κ2) is 10.1. The van der Waals surface area contributed by atoms with Crippen LogP contribution in [-0.2, 0) is 0 Å². The maximum atomic E-state index is 14.0. The fraction of sp³-hybridized carbons (Fsp3) is 0.231. The van der Waals surface area contributed by atoms with Crippen LogP contribution in [0.3, 0.4) is 0 Å². The zero-order valence-electron chi connectivity index (χ0n) is 18.9. The van der Waals surface area contributed by atoms with Crippen molar-refractivity contribution in [2.45, 2.75) is 19.4 Å². The van der Waals surface area contributed by atoms with Gasteiger partial charge in [-0.2, -0.15) is 0 Å². The molecular weight excluding hydrogens is 457 g/mol. The minimum absolute atomic E-state index is 0.0563. The first-order valence-corrected chi connectivity index (χ1v) is 11.3. The number of hydrogen-bond acceptors (Lipinski definition) is 4. The van der Waals surface area contributed by atoms with E-state index < -0.39 is 11.7 Å². The molecule has 2 N–H and O–H groups in total. The van der Waals surface area contributed by atoms with Gasteiger partial charge in [-0.3, -0.25) is 9.59 Å². The van der Waals surface area contributed by atoms with Crippen molar-refractivity contribution in [1.29, 1.82) is 0 Å². The molecule has 34 heavy (non-hydrogen) atoms. The Hall–Kier alpha value is -3.58. The summed E-state index contributed by atoms with van der Waals surface area (Å²) in [4.78, 5) is 27.6. The summed E-state index contributed by atoms with van der Waals surface area (Å²) in [5.74, 6) is -0.689. The van der Waals surface area contributed by atoms with E-state index in [0.29, 0.717) is 22.8 Å². The number of halogens is 2. The predicted molar refractivity (Wildman–Crippen MR) is 132 cm³/mol. The zero-order valence-corrected chi connectivity index (χ0v) is 19.7. The van der Waals surface area contributed by atoms with Crippen LogP contribution >= 0.6 is 11.6 Å². The number of benzene rings is 3. The van der Waals surface area contributed by atoms with Crippen LogP contribution in [0.5, 0.6) is 5.75 Å². The quantitative estimate of drug-likeness (QED) is 0.516. The Bertz CT molecular complexity index is 1230. The van der Waals surface area contributed by atoms with Crippen molar-refractivity contribution in [3.8, 4) is 5.75 Å². The molecule has 1 fully saturated rings. The van der Waals surface area contributed by atoms with Crippen molar-refractivity contribution in [3.05, 3.63) is 88.2 Å². The second-order valence-electron chi connectivity index (χ2n) is 8.18. The summed E-state index contributed by atoms with van der Waals surface area (Å²) in [6, 6.07) is 16.2. The Kier molecular flexibility index (Phi) is 7.03. The molecule has 0 saturated carbocycles. The molecule has 0 aliphatic carbocycles. The van der Waals surface area contributed by atoms with Crippen LogP contribution in [-0.4, -0.2) is 38.1 Å². The van der Waals surface area contributed by atoms with Crippen LogP contribution in [0.2, 0.25) is 5.02 Å². The fourth-order valence-electron chi connectivity index (χ4n) is 4.01. The Morgan fingerprint density at radius 3 is 2.65 bits per heavy atom. The van der Waals surface area contributed by atoms with Crippen LogP contribution in [0.25, 0.3) is 0 Å². The van der Waals surface area contributed by atoms with Gasteiger partial charge >= 0.3 is 0 Å². The lowest BCUT2D eigenvalue weighted by Gasteiger charge is -2.22. The molecule has 1 aliphatic heterocycles. The number of amides is 2. The van der Waals surface area contributed by atoms with Gasteiger partial charge in [0, 0.05) is 35.4 Å². The summed E-state index contributed by atoms with van der Waals surface area (Å²) >= 11 is 6.16. The maximum Gasteiger partial charge on any atom is 0.258 e. The van der Waals surface area contributed by atoms with Gasteiger partial charge in [0.15, 0.2) is 0 Å². The van der Waals surface area contributed by atoms with Gasteiger partial charge in [0.25, 0.3) is 11.8 Å². The Morgan fingerprint density at radius 2 is 1.88 bits per heavy atom. The van der Waals surface area contributed by atoms with Crippen LogP contribution < -0.4 is 20.3 Å². The third-order valence-corrected chi connectivity index (χ3v) is 6.11. The third kappa shape index (κ3) is 5.15. The molecule has 1 unspecified atom stereocenters. The van der Waals surface area contributed by atoms with Crippen molar-refractivity contribution < 1.29 is 18.7 Å². The monoisotopic (exact) mass is 481 g/mol. The Balaban J connectivity index is 1.44. The molecule has 2 amide bonds. The molecular formula is C26H25ClFN3O3. The molecule has 1 saturated heterocycles. The van der Waals surface area contributed by atoms with E-state index in [2.05, 4.69) is 15.5 Å². The first-order chi connectivity index (χ1) is 16.4. The van der Waals surface area contributed by atoms with Crippen LogP contribution in [0.15, 0.2) is 60.7 Å². The lowest BCUT2D eigenvalue weighted by molar-refractivity contribution is 0.0939. The van der Waals surface area contributed by atoms with Gasteiger partial charge in [-0.1, -0.05) is 29.8 Å². The second-order valence-corrected chi connectivity index (χ2v) is 8.62. The summed E-state index contributed by atoms with van der Waals surface area (Å²) in [5.41, 5.74) is 2.46. The molecule has 0 bridgehead atoms. The zero-order chi connectivity index (χ0) is 24.2. The number of carbonyl (C=O) groups excluding carboxylic acids is 2. The number of rotatable bonds is 6. The van der Waals surface area contributed by atoms with Gasteiger partial charge in [-0.25, -0.2) is 4.39 Å². The molecule has 176 valence electrons. The number of nitrogens with zero attached hydrogens (tertiary/aromatic N) is 1. The molecule has 1 aliphatic rings. The van der Waals surface area contributed by atoms with E-state index in [0.717, 1.165) is 30.0 Å². The summed E-state index contributed by atoms with van der Waals surface area (Å²) in [6.45, 7) is 3.18. The SMILES string of the molecule is COc1ccc(Cl)cc1N1CCC(NC(=O)c2ccc(C)c(NC(=O)c3ccccc3F)c2)C1. The van der Waals surface area contributed by atoms with Gasteiger partial charge in [0.05, 0.1) is 18.4 Å². The average molecular weight is 482 g/mol. The average Bonchev–Trinajstić information content (AvgIpc) is 3.29. The van der Waals surface area contributed by atoms with Crippen molar-refractivity contribution in [2.75, 3.05) is 30.4 Å². The van der Waals surface area contributed by atoms with Gasteiger partial charge in [0.1, 0.15) is 11.6 Å². The fourth-order valence-corrected chi connectivity index (χ4v) is 4.18. The highest BCUT2D eigenvalue weighted by Crippen LogP contribution is 2.33. The molecule has 1 atom stereocenters. The van der Waals surface area contributed by atoms with Crippen LogP contribution in [0.4, 0.5) is 15.8 Å². The maximum absolute atomic E-state index is 14.0. The number of anilines is 2. The van der Waals surface area contributed by atoms with Gasteiger partial charge < -0.3 is 20.3 Å². The number of ether oxygens (including phenoxy) is 1. The standard InChI is InChI=1S/C26H25ClFN3O3/c1-16-7-8-17(13-22(16)30-26(33)20-5-3-4-6-21(20)28)25(32)29-19-11-12-31(15-19)23-14-18(27)9-10-24(23)34-2/h3-10,13-14,19H,11-12,15H2,1-2H3,(H,29,32)(H,30,33). The third-order valence-electron chi connectivity index (χ3n) is 5.87. The number of hydrogen-bond donors (Lipinski definition) is 2. The number of nitrogens with one attached hydrogen (secondary N) is 2. The Labute approximate surface area is 202 Å². The molecule has 4 rings (SSSR count). The van der Waals surface area contributed by atoms with E-state index in [1.807, 2.05) is 19.1 Å². The summed E-state index contributed by atoms with van der Waals surface area (Å²) in [7, 11) is 1.61. The molecule has 8 heteroatoms.